The Morgan fingerprint density at radius 2 is 1.48 bits per heavy atom. The van der Waals surface area contributed by atoms with Gasteiger partial charge in [0.2, 0.25) is 0 Å². The summed E-state index contributed by atoms with van der Waals surface area (Å²) >= 11 is 0. The van der Waals surface area contributed by atoms with Gasteiger partial charge in [0.05, 0.1) is 0 Å². The Morgan fingerprint density at radius 3 is 2.14 bits per heavy atom. The first-order chi connectivity index (χ1) is 14.3. The fourth-order valence-electron chi connectivity index (χ4n) is 4.63. The van der Waals surface area contributed by atoms with E-state index in [1.54, 1.807) is 4.90 Å². The number of nitrogens with zero attached hydrogens (tertiary/aromatic N) is 1. The maximum absolute atomic E-state index is 12.9. The first kappa shape index (κ1) is 17.7. The molecule has 0 radical (unpaired) electrons. The maximum Gasteiger partial charge on any atom is 0.410 e. The highest BCUT2D eigenvalue weighted by atomic mass is 16.6. The number of amides is 1. The molecule has 0 saturated carbocycles. The summed E-state index contributed by atoms with van der Waals surface area (Å²) in [7, 11) is 0. The van der Waals surface area contributed by atoms with E-state index in [0.29, 0.717) is 6.54 Å². The molecule has 1 heterocycles. The smallest absolute Gasteiger partial charge is 0.410 e. The van der Waals surface area contributed by atoms with Crippen LogP contribution in [-0.4, -0.2) is 30.4 Å². The van der Waals surface area contributed by atoms with Gasteiger partial charge in [-0.2, -0.15) is 0 Å². The molecule has 0 unspecified atom stereocenters. The topological polar surface area (TPSA) is 46.6 Å². The summed E-state index contributed by atoms with van der Waals surface area (Å²) < 4.78 is 5.75. The summed E-state index contributed by atoms with van der Waals surface area (Å²) in [5.74, 6) is 0.0121. The van der Waals surface area contributed by atoms with Gasteiger partial charge in [0, 0.05) is 12.5 Å². The van der Waals surface area contributed by atoms with Crippen molar-refractivity contribution in [3.05, 3.63) is 95.1 Å². The zero-order chi connectivity index (χ0) is 19.8. The summed E-state index contributed by atoms with van der Waals surface area (Å²) in [5, 5.41) is 0. The number of ether oxygens (including phenoxy) is 1. The molecule has 2 aliphatic rings. The Hall–Kier alpha value is -3.40. The second kappa shape index (κ2) is 7.21. The van der Waals surface area contributed by atoms with E-state index in [9.17, 15) is 9.59 Å². The van der Waals surface area contributed by atoms with Crippen LogP contribution in [0, 0.1) is 0 Å². The van der Waals surface area contributed by atoms with E-state index in [0.717, 1.165) is 23.8 Å². The van der Waals surface area contributed by atoms with Gasteiger partial charge in [-0.3, -0.25) is 4.90 Å². The molecule has 0 spiro atoms. The Balaban J connectivity index is 1.37. The molecule has 1 aliphatic carbocycles. The van der Waals surface area contributed by atoms with Crippen LogP contribution in [0.4, 0.5) is 4.79 Å². The fraction of sp³-hybridized carbons (Fsp3) is 0.200. The largest absolute Gasteiger partial charge is 0.448 e. The second-order valence-corrected chi connectivity index (χ2v) is 7.53. The van der Waals surface area contributed by atoms with E-state index in [1.807, 2.05) is 48.5 Å². The summed E-state index contributed by atoms with van der Waals surface area (Å²) in [4.78, 5) is 26.2. The summed E-state index contributed by atoms with van der Waals surface area (Å²) in [5.41, 5.74) is 6.76. The number of carbonyl (C=O) groups is 2. The van der Waals surface area contributed by atoms with Crippen molar-refractivity contribution >= 4 is 12.4 Å². The van der Waals surface area contributed by atoms with Crippen molar-refractivity contribution < 1.29 is 14.3 Å². The summed E-state index contributed by atoms with van der Waals surface area (Å²) in [6.07, 6.45) is 1.13. The van der Waals surface area contributed by atoms with E-state index in [1.165, 1.54) is 22.3 Å². The van der Waals surface area contributed by atoms with E-state index in [4.69, 9.17) is 4.74 Å². The van der Waals surface area contributed by atoms with Crippen molar-refractivity contribution in [3.63, 3.8) is 0 Å². The quantitative estimate of drug-likeness (QED) is 0.614. The standard InChI is InChI=1S/C25H21NO3/c27-15-24-18-8-2-1-7-17(18)13-14-26(24)25(28)29-16-23-21-11-5-3-9-19(21)20-10-4-6-12-22(20)23/h1-12,15,23-24H,13-14,16H2/t24-/m0/s1. The lowest BCUT2D eigenvalue weighted by molar-refractivity contribution is -0.112. The number of fused-ring (bicyclic) bond motifs is 4. The van der Waals surface area contributed by atoms with Crippen LogP contribution in [0.1, 0.15) is 34.2 Å². The Kier molecular flexibility index (Phi) is 4.39. The van der Waals surface area contributed by atoms with Gasteiger partial charge in [-0.15, -0.1) is 0 Å². The molecule has 0 saturated heterocycles. The van der Waals surface area contributed by atoms with Crippen LogP contribution in [0.5, 0.6) is 0 Å². The van der Waals surface area contributed by atoms with E-state index in [-0.39, 0.29) is 12.5 Å². The number of aldehydes is 1. The van der Waals surface area contributed by atoms with Crippen molar-refractivity contribution in [1.29, 1.82) is 0 Å². The predicted octanol–water partition coefficient (Wildman–Crippen LogP) is 4.73. The average Bonchev–Trinajstić information content (AvgIpc) is 3.10. The lowest BCUT2D eigenvalue weighted by Crippen LogP contribution is -2.41. The Bertz CT molecular complexity index is 1050. The van der Waals surface area contributed by atoms with Gasteiger partial charge in [-0.1, -0.05) is 72.8 Å². The molecule has 3 aromatic rings. The van der Waals surface area contributed by atoms with Crippen molar-refractivity contribution in [2.45, 2.75) is 18.4 Å². The molecule has 0 bridgehead atoms. The molecule has 0 aromatic heterocycles. The first-order valence-electron chi connectivity index (χ1n) is 9.92. The third-order valence-corrected chi connectivity index (χ3v) is 6.03. The monoisotopic (exact) mass is 383 g/mol. The van der Waals surface area contributed by atoms with Crippen LogP contribution in [0.3, 0.4) is 0 Å². The van der Waals surface area contributed by atoms with E-state index < -0.39 is 12.1 Å². The lowest BCUT2D eigenvalue weighted by atomic mass is 9.94. The minimum atomic E-state index is -0.587. The van der Waals surface area contributed by atoms with Gasteiger partial charge >= 0.3 is 6.09 Å². The predicted molar refractivity (Wildman–Crippen MR) is 111 cm³/mol. The molecule has 4 nitrogen and oxygen atoms in total. The van der Waals surface area contributed by atoms with Gasteiger partial charge < -0.3 is 9.53 Å². The number of hydrogen-bond acceptors (Lipinski definition) is 3. The van der Waals surface area contributed by atoms with Gasteiger partial charge in [-0.05, 0) is 39.8 Å². The van der Waals surface area contributed by atoms with Crippen LogP contribution in [0.15, 0.2) is 72.8 Å². The highest BCUT2D eigenvalue weighted by Crippen LogP contribution is 2.44. The van der Waals surface area contributed by atoms with E-state index >= 15 is 0 Å². The minimum absolute atomic E-state index is 0.0121. The Morgan fingerprint density at radius 1 is 0.897 bits per heavy atom. The molecule has 144 valence electrons. The third-order valence-electron chi connectivity index (χ3n) is 6.03. The Labute approximate surface area is 169 Å². The highest BCUT2D eigenvalue weighted by molar-refractivity contribution is 5.79. The molecule has 4 heteroatoms. The number of benzene rings is 3. The maximum atomic E-state index is 12.9. The molecule has 3 aromatic carbocycles. The van der Waals surface area contributed by atoms with Crippen molar-refractivity contribution in [2.24, 2.45) is 0 Å². The van der Waals surface area contributed by atoms with Gasteiger partial charge in [-0.25, -0.2) is 4.79 Å². The zero-order valence-electron chi connectivity index (χ0n) is 16.0. The number of carbonyl (C=O) groups excluding carboxylic acids is 2. The molecule has 5 rings (SSSR count). The molecule has 1 aliphatic heterocycles. The fourth-order valence-corrected chi connectivity index (χ4v) is 4.63. The minimum Gasteiger partial charge on any atom is -0.448 e. The highest BCUT2D eigenvalue weighted by Gasteiger charge is 2.33. The second-order valence-electron chi connectivity index (χ2n) is 7.53. The van der Waals surface area contributed by atoms with Crippen LogP contribution in [0.25, 0.3) is 11.1 Å². The molecular weight excluding hydrogens is 362 g/mol. The summed E-state index contributed by atoms with van der Waals surface area (Å²) in [6, 6.07) is 23.7. The molecule has 29 heavy (non-hydrogen) atoms. The van der Waals surface area contributed by atoms with Gasteiger partial charge in [0.15, 0.2) is 0 Å². The van der Waals surface area contributed by atoms with Crippen molar-refractivity contribution in [3.8, 4) is 11.1 Å². The lowest BCUT2D eigenvalue weighted by Gasteiger charge is -2.33. The zero-order valence-corrected chi connectivity index (χ0v) is 16.0. The normalized spacial score (nSPS) is 17.2. The third kappa shape index (κ3) is 2.92. The van der Waals surface area contributed by atoms with Crippen LogP contribution >= 0.6 is 0 Å². The summed E-state index contributed by atoms with van der Waals surface area (Å²) in [6.45, 7) is 0.744. The number of hydrogen-bond donors (Lipinski definition) is 0. The van der Waals surface area contributed by atoms with Crippen molar-refractivity contribution in [1.82, 2.24) is 4.90 Å². The average molecular weight is 383 g/mol. The molecule has 1 amide bonds. The van der Waals surface area contributed by atoms with Crippen LogP contribution in [0.2, 0.25) is 0 Å². The number of rotatable bonds is 3. The molecule has 0 N–H and O–H groups in total. The van der Waals surface area contributed by atoms with Crippen molar-refractivity contribution in [2.75, 3.05) is 13.2 Å². The first-order valence-corrected chi connectivity index (χ1v) is 9.92. The van der Waals surface area contributed by atoms with Gasteiger partial charge in [0.25, 0.3) is 0 Å². The molecular formula is C25H21NO3. The van der Waals surface area contributed by atoms with Crippen LogP contribution in [-0.2, 0) is 16.0 Å². The SMILES string of the molecule is O=C[C@H]1c2ccccc2CCN1C(=O)OCC1c2ccccc2-c2ccccc21. The van der Waals surface area contributed by atoms with Gasteiger partial charge in [0.1, 0.15) is 18.9 Å². The molecule has 1 atom stereocenters. The molecule has 0 fully saturated rings. The van der Waals surface area contributed by atoms with Crippen LogP contribution < -0.4 is 0 Å². The van der Waals surface area contributed by atoms with E-state index in [2.05, 4.69) is 24.3 Å².